The zero-order chi connectivity index (χ0) is 13.1. The van der Waals surface area contributed by atoms with E-state index in [0.717, 1.165) is 6.42 Å². The number of hydrogen-bond acceptors (Lipinski definition) is 3. The number of amides is 1. The first kappa shape index (κ1) is 12.7. The lowest BCUT2D eigenvalue weighted by Crippen LogP contribution is -2.47. The van der Waals surface area contributed by atoms with E-state index in [0.29, 0.717) is 12.2 Å². The molecule has 0 bridgehead atoms. The summed E-state index contributed by atoms with van der Waals surface area (Å²) in [6, 6.07) is 4.73. The van der Waals surface area contributed by atoms with E-state index in [1.165, 1.54) is 6.07 Å². The third-order valence-corrected chi connectivity index (χ3v) is 3.00. The van der Waals surface area contributed by atoms with Crippen LogP contribution >= 0.6 is 0 Å². The molecule has 0 fully saturated rings. The van der Waals surface area contributed by atoms with Gasteiger partial charge in [0.1, 0.15) is 0 Å². The summed E-state index contributed by atoms with van der Waals surface area (Å²) in [7, 11) is 0. The lowest BCUT2D eigenvalue weighted by Gasteiger charge is -2.27. The molecule has 0 saturated heterocycles. The van der Waals surface area contributed by atoms with Gasteiger partial charge in [-0.25, -0.2) is 4.39 Å². The summed E-state index contributed by atoms with van der Waals surface area (Å²) in [5.74, 6) is -0.556. The van der Waals surface area contributed by atoms with Crippen LogP contribution in [0.4, 0.5) is 10.1 Å². The Kier molecular flexibility index (Phi) is 3.69. The zero-order valence-electron chi connectivity index (χ0n) is 10.5. The molecule has 2 atom stereocenters. The van der Waals surface area contributed by atoms with Gasteiger partial charge in [-0.15, -0.1) is 0 Å². The highest BCUT2D eigenvalue weighted by Crippen LogP contribution is 2.31. The Balaban J connectivity index is 2.07. The van der Waals surface area contributed by atoms with Crippen molar-refractivity contribution >= 4 is 11.6 Å². The average molecular weight is 252 g/mol. The Hall–Kier alpha value is -1.78. The number of carbonyl (C=O) groups is 1. The predicted molar refractivity (Wildman–Crippen MR) is 67.2 cm³/mol. The van der Waals surface area contributed by atoms with Crippen molar-refractivity contribution in [2.45, 2.75) is 32.4 Å². The van der Waals surface area contributed by atoms with Crippen molar-refractivity contribution in [3.63, 3.8) is 0 Å². The van der Waals surface area contributed by atoms with E-state index in [1.807, 2.05) is 13.8 Å². The fraction of sp³-hybridized carbons (Fsp3) is 0.462. The van der Waals surface area contributed by atoms with E-state index in [4.69, 9.17) is 4.74 Å². The number of halogens is 1. The van der Waals surface area contributed by atoms with Gasteiger partial charge in [0.15, 0.2) is 17.7 Å². The maximum Gasteiger partial charge on any atom is 0.263 e. The lowest BCUT2D eigenvalue weighted by atomic mass is 10.2. The van der Waals surface area contributed by atoms with E-state index < -0.39 is 11.9 Å². The molecule has 0 spiro atoms. The van der Waals surface area contributed by atoms with Gasteiger partial charge < -0.3 is 15.4 Å². The van der Waals surface area contributed by atoms with Crippen molar-refractivity contribution in [1.82, 2.24) is 5.32 Å². The van der Waals surface area contributed by atoms with E-state index in [9.17, 15) is 9.18 Å². The maximum atomic E-state index is 13.5. The summed E-state index contributed by atoms with van der Waals surface area (Å²) in [6.07, 6.45) is 0.153. The number of rotatable bonds is 3. The first-order chi connectivity index (χ1) is 8.61. The molecule has 0 radical (unpaired) electrons. The number of fused-ring (bicyclic) bond motifs is 1. The Bertz CT molecular complexity index is 451. The molecule has 1 amide bonds. The van der Waals surface area contributed by atoms with Gasteiger partial charge in [-0.1, -0.05) is 13.0 Å². The Morgan fingerprint density at radius 3 is 3.17 bits per heavy atom. The molecule has 1 heterocycles. The molecular formula is C13H17FN2O2. The summed E-state index contributed by atoms with van der Waals surface area (Å²) < 4.78 is 19.0. The molecule has 2 rings (SSSR count). The fourth-order valence-corrected chi connectivity index (χ4v) is 1.74. The van der Waals surface area contributed by atoms with Crippen LogP contribution in [-0.2, 0) is 4.79 Å². The molecule has 2 unspecified atom stereocenters. The molecule has 5 heteroatoms. The van der Waals surface area contributed by atoms with E-state index in [-0.39, 0.29) is 17.7 Å². The van der Waals surface area contributed by atoms with Gasteiger partial charge in [-0.3, -0.25) is 4.79 Å². The van der Waals surface area contributed by atoms with Crippen molar-refractivity contribution in [3.05, 3.63) is 24.0 Å². The predicted octanol–water partition coefficient (Wildman–Crippen LogP) is 1.91. The Labute approximate surface area is 106 Å². The molecule has 1 aromatic carbocycles. The summed E-state index contributed by atoms with van der Waals surface area (Å²) in [5.41, 5.74) is 0.586. The molecule has 0 aliphatic carbocycles. The highest BCUT2D eigenvalue weighted by atomic mass is 19.1. The molecule has 4 nitrogen and oxygen atoms in total. The highest BCUT2D eigenvalue weighted by molar-refractivity contribution is 5.83. The summed E-state index contributed by atoms with van der Waals surface area (Å²) in [4.78, 5) is 11.9. The van der Waals surface area contributed by atoms with Crippen molar-refractivity contribution in [2.24, 2.45) is 0 Å². The van der Waals surface area contributed by atoms with Crippen LogP contribution < -0.4 is 15.4 Å². The van der Waals surface area contributed by atoms with Gasteiger partial charge >= 0.3 is 0 Å². The number of nitrogens with one attached hydrogen (secondary N) is 2. The minimum Gasteiger partial charge on any atom is -0.473 e. The van der Waals surface area contributed by atoms with Gasteiger partial charge in [0, 0.05) is 6.04 Å². The summed E-state index contributed by atoms with van der Waals surface area (Å²) >= 11 is 0. The monoisotopic (exact) mass is 252 g/mol. The second-order valence-corrected chi connectivity index (χ2v) is 4.42. The van der Waals surface area contributed by atoms with Crippen LogP contribution in [0.1, 0.15) is 20.3 Å². The van der Waals surface area contributed by atoms with Crippen LogP contribution in [0.2, 0.25) is 0 Å². The second-order valence-electron chi connectivity index (χ2n) is 4.42. The Morgan fingerprint density at radius 1 is 1.67 bits per heavy atom. The number of anilines is 1. The Morgan fingerprint density at radius 2 is 2.44 bits per heavy atom. The molecule has 1 aliphatic heterocycles. The van der Waals surface area contributed by atoms with Gasteiger partial charge in [-0.05, 0) is 25.5 Å². The largest absolute Gasteiger partial charge is 0.473 e. The third-order valence-electron chi connectivity index (χ3n) is 3.00. The molecule has 98 valence electrons. The molecule has 1 aromatic rings. The van der Waals surface area contributed by atoms with Crippen LogP contribution in [0.5, 0.6) is 5.75 Å². The van der Waals surface area contributed by atoms with Crippen LogP contribution in [0, 0.1) is 5.82 Å². The van der Waals surface area contributed by atoms with Crippen molar-refractivity contribution < 1.29 is 13.9 Å². The standard InChI is InChI=1S/C13H17FN2O2/c1-3-8(2)16-13(17)11-7-15-10-6-4-5-9(14)12(10)18-11/h4-6,8,11,15H,3,7H2,1-2H3,(H,16,17). The molecule has 1 aliphatic rings. The first-order valence-corrected chi connectivity index (χ1v) is 6.11. The quantitative estimate of drug-likeness (QED) is 0.864. The average Bonchev–Trinajstić information content (AvgIpc) is 2.38. The minimum atomic E-state index is -0.691. The molecule has 0 aromatic heterocycles. The number of para-hydroxylation sites is 1. The zero-order valence-corrected chi connectivity index (χ0v) is 10.5. The van der Waals surface area contributed by atoms with Crippen LogP contribution in [0.15, 0.2) is 18.2 Å². The molecule has 18 heavy (non-hydrogen) atoms. The smallest absolute Gasteiger partial charge is 0.263 e. The maximum absolute atomic E-state index is 13.5. The van der Waals surface area contributed by atoms with Crippen molar-refractivity contribution in [3.8, 4) is 5.75 Å². The number of ether oxygens (including phenoxy) is 1. The van der Waals surface area contributed by atoms with E-state index >= 15 is 0 Å². The number of carbonyl (C=O) groups excluding carboxylic acids is 1. The minimum absolute atomic E-state index is 0.0862. The molecule has 2 N–H and O–H groups in total. The topological polar surface area (TPSA) is 50.4 Å². The van der Waals surface area contributed by atoms with Gasteiger partial charge in [0.2, 0.25) is 0 Å². The van der Waals surface area contributed by atoms with Gasteiger partial charge in [0.05, 0.1) is 12.2 Å². The third kappa shape index (κ3) is 2.55. The van der Waals surface area contributed by atoms with Crippen LogP contribution in [-0.4, -0.2) is 24.6 Å². The lowest BCUT2D eigenvalue weighted by molar-refractivity contribution is -0.128. The molecular weight excluding hydrogens is 235 g/mol. The van der Waals surface area contributed by atoms with E-state index in [2.05, 4.69) is 10.6 Å². The van der Waals surface area contributed by atoms with Crippen molar-refractivity contribution in [1.29, 1.82) is 0 Å². The van der Waals surface area contributed by atoms with Gasteiger partial charge in [-0.2, -0.15) is 0 Å². The first-order valence-electron chi connectivity index (χ1n) is 6.11. The van der Waals surface area contributed by atoms with Crippen LogP contribution in [0.3, 0.4) is 0 Å². The summed E-state index contributed by atoms with van der Waals surface area (Å²) in [6.45, 7) is 4.25. The van der Waals surface area contributed by atoms with Gasteiger partial charge in [0.25, 0.3) is 5.91 Å². The normalized spacial score (nSPS) is 19.2. The summed E-state index contributed by atoms with van der Waals surface area (Å²) in [5, 5.41) is 5.82. The van der Waals surface area contributed by atoms with E-state index in [1.54, 1.807) is 12.1 Å². The fourth-order valence-electron chi connectivity index (χ4n) is 1.74. The van der Waals surface area contributed by atoms with Crippen molar-refractivity contribution in [2.75, 3.05) is 11.9 Å². The second kappa shape index (κ2) is 5.25. The SMILES string of the molecule is CCC(C)NC(=O)C1CNc2cccc(F)c2O1. The highest BCUT2D eigenvalue weighted by Gasteiger charge is 2.28. The number of benzene rings is 1. The van der Waals surface area contributed by atoms with Crippen LogP contribution in [0.25, 0.3) is 0 Å². The molecule has 0 saturated carbocycles. The number of hydrogen-bond donors (Lipinski definition) is 2.